The SMILES string of the molecule is CCCCON[C@@H]1CC[C@@H](C(=O)OCC)NC1. The molecule has 2 N–H and O–H groups in total. The minimum absolute atomic E-state index is 0.141. The maximum atomic E-state index is 11.5. The molecule has 1 aliphatic heterocycles. The van der Waals surface area contributed by atoms with Gasteiger partial charge in [-0.05, 0) is 26.2 Å². The molecule has 0 aromatic rings. The zero-order chi connectivity index (χ0) is 12.5. The summed E-state index contributed by atoms with van der Waals surface area (Å²) in [6.07, 6.45) is 3.93. The van der Waals surface area contributed by atoms with Crippen LogP contribution < -0.4 is 10.8 Å². The summed E-state index contributed by atoms with van der Waals surface area (Å²) in [6.45, 7) is 5.89. The molecule has 0 spiro atoms. The van der Waals surface area contributed by atoms with E-state index < -0.39 is 0 Å². The number of carbonyl (C=O) groups is 1. The summed E-state index contributed by atoms with van der Waals surface area (Å²) >= 11 is 0. The van der Waals surface area contributed by atoms with Crippen LogP contribution >= 0.6 is 0 Å². The first-order valence-electron chi connectivity index (χ1n) is 6.55. The first-order chi connectivity index (χ1) is 8.27. The molecule has 0 aromatic carbocycles. The van der Waals surface area contributed by atoms with E-state index in [4.69, 9.17) is 9.57 Å². The van der Waals surface area contributed by atoms with Crippen molar-refractivity contribution in [2.75, 3.05) is 19.8 Å². The third kappa shape index (κ3) is 5.48. The standard InChI is InChI=1S/C12H24N2O3/c1-3-5-8-17-14-10-6-7-11(13-9-10)12(15)16-4-2/h10-11,13-14H,3-9H2,1-2H3/t10-,11+/m1/s1. The molecule has 100 valence electrons. The van der Waals surface area contributed by atoms with Crippen LogP contribution in [0.15, 0.2) is 0 Å². The summed E-state index contributed by atoms with van der Waals surface area (Å²) < 4.78 is 4.98. The molecule has 1 rings (SSSR count). The van der Waals surface area contributed by atoms with Crippen molar-refractivity contribution < 1.29 is 14.4 Å². The molecule has 1 heterocycles. The molecule has 5 heteroatoms. The Kier molecular flexibility index (Phi) is 7.16. The van der Waals surface area contributed by atoms with Crippen LogP contribution in [-0.2, 0) is 14.4 Å². The molecule has 0 bridgehead atoms. The fourth-order valence-electron chi connectivity index (χ4n) is 1.79. The first kappa shape index (κ1) is 14.4. The van der Waals surface area contributed by atoms with Crippen LogP contribution in [0.25, 0.3) is 0 Å². The Morgan fingerprint density at radius 2 is 2.24 bits per heavy atom. The molecule has 0 aromatic heterocycles. The van der Waals surface area contributed by atoms with Gasteiger partial charge in [0, 0.05) is 12.6 Å². The second-order valence-electron chi connectivity index (χ2n) is 4.31. The lowest BCUT2D eigenvalue weighted by Crippen LogP contribution is -2.51. The Hall–Kier alpha value is -0.650. The van der Waals surface area contributed by atoms with E-state index in [0.717, 1.165) is 38.8 Å². The lowest BCUT2D eigenvalue weighted by molar-refractivity contribution is -0.146. The van der Waals surface area contributed by atoms with Crippen LogP contribution in [0, 0.1) is 0 Å². The molecule has 5 nitrogen and oxygen atoms in total. The topological polar surface area (TPSA) is 59.6 Å². The number of hydrogen-bond acceptors (Lipinski definition) is 5. The van der Waals surface area contributed by atoms with Crippen LogP contribution in [0.5, 0.6) is 0 Å². The fraction of sp³-hybridized carbons (Fsp3) is 0.917. The minimum atomic E-state index is -0.149. The number of rotatable bonds is 7. The van der Waals surface area contributed by atoms with Gasteiger partial charge < -0.3 is 14.9 Å². The molecule has 2 atom stereocenters. The molecule has 1 aliphatic rings. The average molecular weight is 244 g/mol. The first-order valence-corrected chi connectivity index (χ1v) is 6.55. The van der Waals surface area contributed by atoms with Crippen LogP contribution in [-0.4, -0.2) is 37.8 Å². The maximum absolute atomic E-state index is 11.5. The van der Waals surface area contributed by atoms with Gasteiger partial charge in [-0.2, -0.15) is 5.48 Å². The Balaban J connectivity index is 2.11. The van der Waals surface area contributed by atoms with Crippen LogP contribution in [0.3, 0.4) is 0 Å². The van der Waals surface area contributed by atoms with Crippen molar-refractivity contribution in [3.8, 4) is 0 Å². The molecule has 0 amide bonds. The Morgan fingerprint density at radius 3 is 2.82 bits per heavy atom. The van der Waals surface area contributed by atoms with Crippen molar-refractivity contribution in [2.24, 2.45) is 0 Å². The van der Waals surface area contributed by atoms with E-state index in [-0.39, 0.29) is 18.1 Å². The quantitative estimate of drug-likeness (QED) is 0.397. The number of unbranched alkanes of at least 4 members (excludes halogenated alkanes) is 1. The lowest BCUT2D eigenvalue weighted by Gasteiger charge is -2.28. The molecule has 0 unspecified atom stereocenters. The number of piperidine rings is 1. The van der Waals surface area contributed by atoms with Gasteiger partial charge in [0.2, 0.25) is 0 Å². The van der Waals surface area contributed by atoms with Crippen molar-refractivity contribution in [3.63, 3.8) is 0 Å². The van der Waals surface area contributed by atoms with Crippen molar-refractivity contribution in [2.45, 2.75) is 51.6 Å². The van der Waals surface area contributed by atoms with Crippen LogP contribution in [0.2, 0.25) is 0 Å². The zero-order valence-electron chi connectivity index (χ0n) is 10.8. The van der Waals surface area contributed by atoms with E-state index in [1.807, 2.05) is 6.92 Å². The maximum Gasteiger partial charge on any atom is 0.323 e. The summed E-state index contributed by atoms with van der Waals surface area (Å²) in [6, 6.07) is 0.140. The molecule has 0 radical (unpaired) electrons. The monoisotopic (exact) mass is 244 g/mol. The molecule has 0 saturated carbocycles. The van der Waals surface area contributed by atoms with Crippen molar-refractivity contribution in [1.29, 1.82) is 0 Å². The van der Waals surface area contributed by atoms with Gasteiger partial charge in [-0.15, -0.1) is 0 Å². The van der Waals surface area contributed by atoms with Gasteiger partial charge in [-0.3, -0.25) is 4.79 Å². The minimum Gasteiger partial charge on any atom is -0.465 e. The lowest BCUT2D eigenvalue weighted by atomic mass is 10.0. The van der Waals surface area contributed by atoms with E-state index in [1.54, 1.807) is 0 Å². The molecule has 1 fully saturated rings. The summed E-state index contributed by atoms with van der Waals surface area (Å²) in [5.74, 6) is -0.141. The zero-order valence-corrected chi connectivity index (χ0v) is 10.8. The van der Waals surface area contributed by atoms with E-state index in [2.05, 4.69) is 17.7 Å². The highest BCUT2D eigenvalue weighted by Crippen LogP contribution is 2.09. The van der Waals surface area contributed by atoms with Gasteiger partial charge in [0.05, 0.1) is 13.2 Å². The van der Waals surface area contributed by atoms with Crippen LogP contribution in [0.1, 0.15) is 39.5 Å². The van der Waals surface area contributed by atoms with Gasteiger partial charge in [0.1, 0.15) is 6.04 Å². The fourth-order valence-corrected chi connectivity index (χ4v) is 1.79. The summed E-state index contributed by atoms with van der Waals surface area (Å²) in [4.78, 5) is 16.8. The third-order valence-corrected chi connectivity index (χ3v) is 2.84. The van der Waals surface area contributed by atoms with Crippen LogP contribution in [0.4, 0.5) is 0 Å². The predicted octanol–water partition coefficient (Wildman–Crippen LogP) is 0.991. The molecular formula is C12H24N2O3. The van der Waals surface area contributed by atoms with Gasteiger partial charge in [-0.25, -0.2) is 0 Å². The number of hydrogen-bond donors (Lipinski definition) is 2. The average Bonchev–Trinajstić information content (AvgIpc) is 2.36. The normalized spacial score (nSPS) is 24.6. The number of nitrogens with one attached hydrogen (secondary N) is 2. The second kappa shape index (κ2) is 8.44. The molecule has 1 saturated heterocycles. The Bertz CT molecular complexity index is 216. The number of carbonyl (C=O) groups excluding carboxylic acids is 1. The van der Waals surface area contributed by atoms with Crippen molar-refractivity contribution >= 4 is 5.97 Å². The predicted molar refractivity (Wildman–Crippen MR) is 65.4 cm³/mol. The van der Waals surface area contributed by atoms with Crippen molar-refractivity contribution in [3.05, 3.63) is 0 Å². The largest absolute Gasteiger partial charge is 0.465 e. The Labute approximate surface area is 103 Å². The summed E-state index contributed by atoms with van der Waals surface area (Å²) in [5.41, 5.74) is 3.03. The van der Waals surface area contributed by atoms with E-state index in [9.17, 15) is 4.79 Å². The van der Waals surface area contributed by atoms with Gasteiger partial charge in [0.25, 0.3) is 0 Å². The van der Waals surface area contributed by atoms with E-state index in [1.165, 1.54) is 0 Å². The molecular weight excluding hydrogens is 220 g/mol. The Morgan fingerprint density at radius 1 is 1.41 bits per heavy atom. The molecule has 17 heavy (non-hydrogen) atoms. The smallest absolute Gasteiger partial charge is 0.323 e. The van der Waals surface area contributed by atoms with Gasteiger partial charge in [-0.1, -0.05) is 13.3 Å². The highest BCUT2D eigenvalue weighted by Gasteiger charge is 2.26. The second-order valence-corrected chi connectivity index (χ2v) is 4.31. The number of hydroxylamine groups is 1. The molecule has 0 aliphatic carbocycles. The third-order valence-electron chi connectivity index (χ3n) is 2.84. The number of esters is 1. The number of ether oxygens (including phenoxy) is 1. The van der Waals surface area contributed by atoms with E-state index in [0.29, 0.717) is 6.61 Å². The van der Waals surface area contributed by atoms with Gasteiger partial charge >= 0.3 is 5.97 Å². The van der Waals surface area contributed by atoms with Gasteiger partial charge in [0.15, 0.2) is 0 Å². The highest BCUT2D eigenvalue weighted by molar-refractivity contribution is 5.75. The van der Waals surface area contributed by atoms with Crippen molar-refractivity contribution in [1.82, 2.24) is 10.8 Å². The summed E-state index contributed by atoms with van der Waals surface area (Å²) in [7, 11) is 0. The summed E-state index contributed by atoms with van der Waals surface area (Å²) in [5, 5.41) is 3.18. The highest BCUT2D eigenvalue weighted by atomic mass is 16.6. The van der Waals surface area contributed by atoms with E-state index >= 15 is 0 Å².